The first-order valence-electron chi connectivity index (χ1n) is 20.7. The molecule has 2 saturated heterocycles. The van der Waals surface area contributed by atoms with Crippen molar-refractivity contribution in [3.05, 3.63) is 130 Å². The van der Waals surface area contributed by atoms with E-state index in [-0.39, 0.29) is 60.6 Å². The summed E-state index contributed by atoms with van der Waals surface area (Å²) in [5.74, 6) is 0.137. The van der Waals surface area contributed by atoms with Crippen LogP contribution in [0.5, 0.6) is 0 Å². The molecular weight excluding hydrogens is 715 g/mol. The molecule has 2 N–H and O–H groups in total. The van der Waals surface area contributed by atoms with Crippen LogP contribution in [0.1, 0.15) is 122 Å². The molecule has 9 nitrogen and oxygen atoms in total. The number of fused-ring (bicyclic) bond motifs is 2. The molecule has 0 bridgehead atoms. The van der Waals surface area contributed by atoms with Crippen LogP contribution in [0.4, 0.5) is 0 Å². The molecule has 0 spiro atoms. The third kappa shape index (κ3) is 8.21. The molecule has 7 atom stereocenters. The van der Waals surface area contributed by atoms with Crippen LogP contribution in [0.2, 0.25) is 0 Å². The lowest BCUT2D eigenvalue weighted by atomic mass is 9.75. The Labute approximate surface area is 336 Å². The molecule has 3 heterocycles. The molecule has 1 saturated carbocycles. The number of amides is 3. The van der Waals surface area contributed by atoms with Crippen molar-refractivity contribution in [2.75, 3.05) is 6.54 Å². The molecule has 9 heteroatoms. The van der Waals surface area contributed by atoms with Crippen molar-refractivity contribution in [1.82, 2.24) is 15.1 Å². The predicted octanol–water partition coefficient (Wildman–Crippen LogP) is 8.37. The number of hydrogen-bond donors (Lipinski definition) is 2. The Balaban J connectivity index is 1.05. The fourth-order valence-electron chi connectivity index (χ4n) is 9.51. The number of carbonyl (C=O) groups is 3. The van der Waals surface area contributed by atoms with Gasteiger partial charge in [0.15, 0.2) is 6.29 Å². The largest absolute Gasteiger partial charge is 0.392 e. The van der Waals surface area contributed by atoms with Crippen molar-refractivity contribution >= 4 is 17.7 Å². The zero-order chi connectivity index (χ0) is 39.8. The lowest BCUT2D eigenvalue weighted by molar-refractivity contribution is -0.278. The summed E-state index contributed by atoms with van der Waals surface area (Å²) in [4.78, 5) is 43.8. The van der Waals surface area contributed by atoms with Gasteiger partial charge in [0.25, 0.3) is 11.8 Å². The number of nitrogens with one attached hydrogen (secondary N) is 1. The first-order chi connectivity index (χ1) is 27.5. The van der Waals surface area contributed by atoms with Gasteiger partial charge in [-0.2, -0.15) is 0 Å². The first-order valence-corrected chi connectivity index (χ1v) is 20.7. The van der Waals surface area contributed by atoms with Crippen LogP contribution in [0.25, 0.3) is 11.1 Å². The Morgan fingerprint density at radius 3 is 2.14 bits per heavy atom. The van der Waals surface area contributed by atoms with Gasteiger partial charge in [-0.15, -0.1) is 0 Å². The van der Waals surface area contributed by atoms with E-state index in [0.29, 0.717) is 29.6 Å². The molecule has 0 aromatic heterocycles. The van der Waals surface area contributed by atoms with Gasteiger partial charge in [-0.3, -0.25) is 24.2 Å². The summed E-state index contributed by atoms with van der Waals surface area (Å²) in [5, 5.41) is 13.1. The zero-order valence-corrected chi connectivity index (χ0v) is 33.5. The Morgan fingerprint density at radius 2 is 1.46 bits per heavy atom. The van der Waals surface area contributed by atoms with Crippen molar-refractivity contribution in [1.29, 1.82) is 0 Å². The number of nitrogens with zero attached hydrogens (tertiary/aromatic N) is 2. The number of carbonyl (C=O) groups excluding carboxylic acids is 3. The molecule has 0 radical (unpaired) electrons. The van der Waals surface area contributed by atoms with Gasteiger partial charge in [-0.25, -0.2) is 0 Å². The Morgan fingerprint density at radius 1 is 0.772 bits per heavy atom. The summed E-state index contributed by atoms with van der Waals surface area (Å²) in [7, 11) is 0. The molecule has 4 aliphatic rings. The molecule has 3 amide bonds. The molecule has 4 aromatic rings. The average Bonchev–Trinajstić information content (AvgIpc) is 3.45. The summed E-state index contributed by atoms with van der Waals surface area (Å²) in [6.07, 6.45) is 5.53. The SMILES string of the molecule is C[C@@H]1[C@H](CN2[C@@H](C(=O)NC(C)(C)C)CC[C@H]3CCCC[C@H]32)O[C@H](c2ccc(-c3cccc(CN4C(=O)c5ccccc5C4=O)c3)cc2)O[C@@H]1c1ccc(CO)cc1. The van der Waals surface area contributed by atoms with Crippen LogP contribution >= 0.6 is 0 Å². The van der Waals surface area contributed by atoms with E-state index in [1.54, 1.807) is 24.3 Å². The predicted molar refractivity (Wildman–Crippen MR) is 219 cm³/mol. The number of aliphatic hydroxyl groups excluding tert-OH is 1. The highest BCUT2D eigenvalue weighted by atomic mass is 16.7. The van der Waals surface area contributed by atoms with Gasteiger partial charge >= 0.3 is 0 Å². The molecule has 4 aromatic carbocycles. The zero-order valence-electron chi connectivity index (χ0n) is 33.5. The second-order valence-electron chi connectivity index (χ2n) is 17.5. The molecule has 8 rings (SSSR count). The number of ether oxygens (including phenoxy) is 2. The van der Waals surface area contributed by atoms with E-state index in [1.165, 1.54) is 24.2 Å². The van der Waals surface area contributed by atoms with E-state index in [0.717, 1.165) is 52.6 Å². The summed E-state index contributed by atoms with van der Waals surface area (Å²) < 4.78 is 13.8. The average molecular weight is 770 g/mol. The third-order valence-corrected chi connectivity index (χ3v) is 12.5. The summed E-state index contributed by atoms with van der Waals surface area (Å²) >= 11 is 0. The molecule has 57 heavy (non-hydrogen) atoms. The molecule has 3 fully saturated rings. The standard InChI is InChI=1S/C48H55N3O6/c1-30-42(28-50-40-15-8-5-11-34(40)24-25-41(50)44(53)49-48(2,3)4)56-47(57-43(30)35-18-16-31(29-52)17-19-35)36-22-20-33(21-23-36)37-12-9-10-32(26-37)27-51-45(54)38-13-6-7-14-39(38)46(51)55/h6-7,9-10,12-14,16-23,26,30,34,40-43,47,52H,5,8,11,15,24-25,27-29H2,1-4H3,(H,49,53)/t30-,34-,40-,41-,42+,43+,47+/m1/s1. The molecule has 1 aliphatic carbocycles. The molecule has 3 aliphatic heterocycles. The quantitative estimate of drug-likeness (QED) is 0.165. The van der Waals surface area contributed by atoms with Gasteiger partial charge in [-0.1, -0.05) is 98.6 Å². The highest BCUT2D eigenvalue weighted by molar-refractivity contribution is 6.21. The number of hydrogen-bond acceptors (Lipinski definition) is 7. The van der Waals surface area contributed by atoms with Crippen molar-refractivity contribution in [3.8, 4) is 11.1 Å². The van der Waals surface area contributed by atoms with Gasteiger partial charge in [0.05, 0.1) is 42.5 Å². The van der Waals surface area contributed by atoms with Crippen molar-refractivity contribution in [3.63, 3.8) is 0 Å². The van der Waals surface area contributed by atoms with Crippen molar-refractivity contribution in [2.24, 2.45) is 11.8 Å². The monoisotopic (exact) mass is 769 g/mol. The number of imide groups is 1. The maximum Gasteiger partial charge on any atom is 0.261 e. The van der Waals surface area contributed by atoms with Crippen LogP contribution in [-0.2, 0) is 27.4 Å². The van der Waals surface area contributed by atoms with E-state index in [4.69, 9.17) is 9.47 Å². The van der Waals surface area contributed by atoms with E-state index in [9.17, 15) is 19.5 Å². The van der Waals surface area contributed by atoms with Gasteiger partial charge in [0, 0.05) is 29.6 Å². The second kappa shape index (κ2) is 16.3. The first kappa shape index (κ1) is 39.2. The topological polar surface area (TPSA) is 108 Å². The number of benzene rings is 4. The number of likely N-dealkylation sites (tertiary alicyclic amines) is 1. The highest BCUT2D eigenvalue weighted by Crippen LogP contribution is 2.45. The van der Waals surface area contributed by atoms with Crippen molar-refractivity contribution in [2.45, 2.75) is 115 Å². The van der Waals surface area contributed by atoms with Gasteiger partial charge in [-0.05, 0) is 98.4 Å². The maximum absolute atomic E-state index is 13.9. The number of aliphatic hydroxyl groups is 1. The van der Waals surface area contributed by atoms with E-state index in [2.05, 4.69) is 29.3 Å². The minimum Gasteiger partial charge on any atom is -0.392 e. The summed E-state index contributed by atoms with van der Waals surface area (Å²) in [6.45, 7) is 9.13. The van der Waals surface area contributed by atoms with Gasteiger partial charge in [0.2, 0.25) is 5.91 Å². The highest BCUT2D eigenvalue weighted by Gasteiger charge is 2.46. The van der Waals surface area contributed by atoms with E-state index in [1.807, 2.05) is 81.4 Å². The Hall–Kier alpha value is -4.67. The Bertz CT molecular complexity index is 2060. The van der Waals surface area contributed by atoms with Crippen molar-refractivity contribution < 1.29 is 29.0 Å². The smallest absolute Gasteiger partial charge is 0.261 e. The van der Waals surface area contributed by atoms with Crippen LogP contribution in [-0.4, -0.2) is 62.9 Å². The fraction of sp³-hybridized carbons (Fsp3) is 0.438. The van der Waals surface area contributed by atoms with Gasteiger partial charge < -0.3 is 19.9 Å². The third-order valence-electron chi connectivity index (χ3n) is 12.5. The van der Waals surface area contributed by atoms with Crippen LogP contribution in [0.15, 0.2) is 97.1 Å². The van der Waals surface area contributed by atoms with E-state index < -0.39 is 6.29 Å². The molecular formula is C48H55N3O6. The summed E-state index contributed by atoms with van der Waals surface area (Å²) in [6, 6.07) is 31.3. The minimum absolute atomic E-state index is 0.0132. The normalized spacial score (nSPS) is 26.5. The number of piperidine rings is 1. The lowest BCUT2D eigenvalue weighted by Gasteiger charge is -2.51. The second-order valence-corrected chi connectivity index (χ2v) is 17.5. The van der Waals surface area contributed by atoms with Crippen LogP contribution in [0.3, 0.4) is 0 Å². The van der Waals surface area contributed by atoms with Crippen LogP contribution in [0, 0.1) is 11.8 Å². The maximum atomic E-state index is 13.9. The number of rotatable bonds is 9. The van der Waals surface area contributed by atoms with E-state index >= 15 is 0 Å². The lowest BCUT2D eigenvalue weighted by Crippen LogP contribution is -2.61. The summed E-state index contributed by atoms with van der Waals surface area (Å²) in [5.41, 5.74) is 6.17. The Kier molecular flexibility index (Phi) is 11.2. The van der Waals surface area contributed by atoms with Crippen LogP contribution < -0.4 is 5.32 Å². The molecule has 0 unspecified atom stereocenters. The fourth-order valence-corrected chi connectivity index (χ4v) is 9.51. The van der Waals surface area contributed by atoms with Gasteiger partial charge in [0.1, 0.15) is 0 Å². The minimum atomic E-state index is -0.642. The molecule has 298 valence electrons.